The third-order valence-corrected chi connectivity index (χ3v) is 3.64. The van der Waals surface area contributed by atoms with Gasteiger partial charge in [-0.2, -0.15) is 0 Å². The van der Waals surface area contributed by atoms with Gasteiger partial charge in [-0.15, -0.1) is 0 Å². The lowest BCUT2D eigenvalue weighted by Crippen LogP contribution is -2.37. The van der Waals surface area contributed by atoms with Gasteiger partial charge < -0.3 is 20.5 Å². The minimum absolute atomic E-state index is 0.132. The molecule has 0 aliphatic heterocycles. The average Bonchev–Trinajstić information content (AvgIpc) is 2.59. The van der Waals surface area contributed by atoms with Crippen LogP contribution in [0.15, 0.2) is 48.5 Å². The monoisotopic (exact) mass is 314 g/mol. The van der Waals surface area contributed by atoms with Gasteiger partial charge in [-0.3, -0.25) is 0 Å². The van der Waals surface area contributed by atoms with Crippen LogP contribution in [-0.2, 0) is 6.54 Å². The maximum atomic E-state index is 11.8. The summed E-state index contributed by atoms with van der Waals surface area (Å²) < 4.78 is 5.12. The summed E-state index contributed by atoms with van der Waals surface area (Å²) in [5, 5.41) is 15.6. The Balaban J connectivity index is 1.80. The van der Waals surface area contributed by atoms with Crippen molar-refractivity contribution in [2.24, 2.45) is 0 Å². The van der Waals surface area contributed by atoms with Crippen molar-refractivity contribution in [3.63, 3.8) is 0 Å². The van der Waals surface area contributed by atoms with Crippen LogP contribution in [-0.4, -0.2) is 24.8 Å². The van der Waals surface area contributed by atoms with Gasteiger partial charge in [0.2, 0.25) is 0 Å². The highest BCUT2D eigenvalue weighted by Crippen LogP contribution is 2.18. The number of ether oxygens (including phenoxy) is 1. The standard InChI is InChI=1S/C18H22N2O3/c1-13-6-3-4-7-15(13)11-19-18(22)20-12-17(21)14-8-5-9-16(10-14)23-2/h3-10,17,21H,11-12H2,1-2H3,(H2,19,20,22). The minimum atomic E-state index is -0.783. The summed E-state index contributed by atoms with van der Waals surface area (Å²) in [6.45, 7) is 2.59. The van der Waals surface area contributed by atoms with Crippen LogP contribution in [0, 0.1) is 6.92 Å². The first-order chi connectivity index (χ1) is 11.1. The number of aryl methyl sites for hydroxylation is 1. The first kappa shape index (κ1) is 16.8. The summed E-state index contributed by atoms with van der Waals surface area (Å²) in [5.74, 6) is 0.672. The molecule has 2 amide bonds. The van der Waals surface area contributed by atoms with Crippen molar-refractivity contribution in [3.05, 3.63) is 65.2 Å². The van der Waals surface area contributed by atoms with Crippen molar-refractivity contribution in [2.45, 2.75) is 19.6 Å². The number of urea groups is 1. The molecule has 5 heteroatoms. The highest BCUT2D eigenvalue weighted by molar-refractivity contribution is 5.73. The molecule has 0 bridgehead atoms. The second-order valence-corrected chi connectivity index (χ2v) is 5.28. The van der Waals surface area contributed by atoms with Gasteiger partial charge in [0.1, 0.15) is 5.75 Å². The van der Waals surface area contributed by atoms with Crippen LogP contribution in [0.5, 0.6) is 5.75 Å². The number of hydrogen-bond acceptors (Lipinski definition) is 3. The van der Waals surface area contributed by atoms with Crippen LogP contribution in [0.25, 0.3) is 0 Å². The molecule has 1 atom stereocenters. The smallest absolute Gasteiger partial charge is 0.315 e. The van der Waals surface area contributed by atoms with E-state index in [0.29, 0.717) is 17.9 Å². The van der Waals surface area contributed by atoms with Crippen LogP contribution in [0.1, 0.15) is 22.8 Å². The number of aliphatic hydroxyl groups is 1. The summed E-state index contributed by atoms with van der Waals surface area (Å²) in [7, 11) is 1.57. The maximum absolute atomic E-state index is 11.8. The normalized spacial score (nSPS) is 11.6. The fourth-order valence-electron chi connectivity index (χ4n) is 2.20. The number of methoxy groups -OCH3 is 1. The van der Waals surface area contributed by atoms with Crippen molar-refractivity contribution in [3.8, 4) is 5.75 Å². The van der Waals surface area contributed by atoms with Crippen molar-refractivity contribution in [2.75, 3.05) is 13.7 Å². The lowest BCUT2D eigenvalue weighted by Gasteiger charge is -2.14. The number of nitrogens with one attached hydrogen (secondary N) is 2. The molecular formula is C18H22N2O3. The fourth-order valence-corrected chi connectivity index (χ4v) is 2.20. The number of carbonyl (C=O) groups excluding carboxylic acids is 1. The van der Waals surface area contributed by atoms with Gasteiger partial charge in [0.25, 0.3) is 0 Å². The molecule has 0 aliphatic rings. The van der Waals surface area contributed by atoms with Gasteiger partial charge in [0, 0.05) is 13.1 Å². The van der Waals surface area contributed by atoms with E-state index in [-0.39, 0.29) is 12.6 Å². The third kappa shape index (κ3) is 5.00. The molecule has 122 valence electrons. The quantitative estimate of drug-likeness (QED) is 0.767. The molecule has 0 fully saturated rings. The molecule has 0 saturated heterocycles. The molecule has 0 spiro atoms. The number of benzene rings is 2. The molecule has 5 nitrogen and oxygen atoms in total. The first-order valence-corrected chi connectivity index (χ1v) is 7.48. The molecular weight excluding hydrogens is 292 g/mol. The molecule has 3 N–H and O–H groups in total. The molecule has 2 rings (SSSR count). The zero-order chi connectivity index (χ0) is 16.7. The van der Waals surface area contributed by atoms with Crippen molar-refractivity contribution >= 4 is 6.03 Å². The van der Waals surface area contributed by atoms with E-state index in [0.717, 1.165) is 11.1 Å². The van der Waals surface area contributed by atoms with Gasteiger partial charge in [0.15, 0.2) is 0 Å². The van der Waals surface area contributed by atoms with E-state index in [9.17, 15) is 9.90 Å². The topological polar surface area (TPSA) is 70.6 Å². The van der Waals surface area contributed by atoms with E-state index < -0.39 is 6.10 Å². The molecule has 0 radical (unpaired) electrons. The number of amides is 2. The molecule has 0 saturated carbocycles. The van der Waals surface area contributed by atoms with E-state index in [2.05, 4.69) is 10.6 Å². The van der Waals surface area contributed by atoms with Crippen LogP contribution in [0.4, 0.5) is 4.79 Å². The molecule has 2 aromatic rings. The van der Waals surface area contributed by atoms with Gasteiger partial charge in [-0.25, -0.2) is 4.79 Å². The third-order valence-electron chi connectivity index (χ3n) is 3.64. The van der Waals surface area contributed by atoms with Crippen LogP contribution in [0.3, 0.4) is 0 Å². The lowest BCUT2D eigenvalue weighted by molar-refractivity contribution is 0.172. The van der Waals surface area contributed by atoms with Crippen molar-refractivity contribution < 1.29 is 14.6 Å². The maximum Gasteiger partial charge on any atom is 0.315 e. The average molecular weight is 314 g/mol. The number of carbonyl (C=O) groups is 1. The Morgan fingerprint density at radius 3 is 2.70 bits per heavy atom. The summed E-state index contributed by atoms with van der Waals surface area (Å²) >= 11 is 0. The first-order valence-electron chi connectivity index (χ1n) is 7.48. The Bertz CT molecular complexity index is 658. The SMILES string of the molecule is COc1cccc(C(O)CNC(=O)NCc2ccccc2C)c1. The van der Waals surface area contributed by atoms with Crippen LogP contribution >= 0.6 is 0 Å². The van der Waals surface area contributed by atoms with Gasteiger partial charge >= 0.3 is 6.03 Å². The van der Waals surface area contributed by atoms with E-state index >= 15 is 0 Å². The van der Waals surface area contributed by atoms with E-state index in [1.54, 1.807) is 31.4 Å². The predicted octanol–water partition coefficient (Wildman–Crippen LogP) is 2.54. The lowest BCUT2D eigenvalue weighted by atomic mass is 10.1. The Kier molecular flexibility index (Phi) is 6.00. The Labute approximate surface area is 136 Å². The van der Waals surface area contributed by atoms with E-state index in [4.69, 9.17) is 4.74 Å². The zero-order valence-corrected chi connectivity index (χ0v) is 13.4. The van der Waals surface area contributed by atoms with E-state index in [1.165, 1.54) is 0 Å². The highest BCUT2D eigenvalue weighted by atomic mass is 16.5. The van der Waals surface area contributed by atoms with E-state index in [1.807, 2.05) is 31.2 Å². The molecule has 2 aromatic carbocycles. The highest BCUT2D eigenvalue weighted by Gasteiger charge is 2.10. The van der Waals surface area contributed by atoms with Gasteiger partial charge in [0.05, 0.1) is 13.2 Å². The second-order valence-electron chi connectivity index (χ2n) is 5.28. The largest absolute Gasteiger partial charge is 0.497 e. The Morgan fingerprint density at radius 1 is 1.17 bits per heavy atom. The van der Waals surface area contributed by atoms with Crippen molar-refractivity contribution in [1.29, 1.82) is 0 Å². The summed E-state index contributed by atoms with van der Waals surface area (Å²) in [5.41, 5.74) is 2.89. The number of aliphatic hydroxyl groups excluding tert-OH is 1. The fraction of sp³-hybridized carbons (Fsp3) is 0.278. The molecule has 0 aromatic heterocycles. The summed E-state index contributed by atoms with van der Waals surface area (Å²) in [6, 6.07) is 14.7. The summed E-state index contributed by atoms with van der Waals surface area (Å²) in [4.78, 5) is 11.8. The zero-order valence-electron chi connectivity index (χ0n) is 13.4. The molecule has 1 unspecified atom stereocenters. The van der Waals surface area contributed by atoms with Crippen LogP contribution < -0.4 is 15.4 Å². The minimum Gasteiger partial charge on any atom is -0.497 e. The number of hydrogen-bond donors (Lipinski definition) is 3. The molecule has 0 aliphatic carbocycles. The summed E-state index contributed by atoms with van der Waals surface area (Å²) in [6.07, 6.45) is -0.783. The number of rotatable bonds is 6. The predicted molar refractivity (Wildman–Crippen MR) is 89.4 cm³/mol. The Hall–Kier alpha value is -2.53. The van der Waals surface area contributed by atoms with Crippen molar-refractivity contribution in [1.82, 2.24) is 10.6 Å². The second kappa shape index (κ2) is 8.19. The van der Waals surface area contributed by atoms with Gasteiger partial charge in [-0.05, 0) is 35.7 Å². The molecule has 0 heterocycles. The Morgan fingerprint density at radius 2 is 1.96 bits per heavy atom. The molecule has 23 heavy (non-hydrogen) atoms. The van der Waals surface area contributed by atoms with Crippen LogP contribution in [0.2, 0.25) is 0 Å². The van der Waals surface area contributed by atoms with Gasteiger partial charge in [-0.1, -0.05) is 36.4 Å².